The second kappa shape index (κ2) is 4.64. The molecule has 0 atom stereocenters. The quantitative estimate of drug-likeness (QED) is 0.881. The Bertz CT molecular complexity index is 538. The summed E-state index contributed by atoms with van der Waals surface area (Å²) in [6.45, 7) is 5.53. The number of hydrogen-bond donors (Lipinski definition) is 1. The van der Waals surface area contributed by atoms with E-state index in [-0.39, 0.29) is 5.91 Å². The monoisotopic (exact) mass is 244 g/mol. The minimum Gasteiger partial charge on any atom is -0.338 e. The van der Waals surface area contributed by atoms with Gasteiger partial charge in [-0.15, -0.1) is 0 Å². The highest BCUT2D eigenvalue weighted by Crippen LogP contribution is 2.23. The zero-order valence-corrected chi connectivity index (χ0v) is 10.7. The molecule has 0 aliphatic heterocycles. The molecule has 0 aliphatic carbocycles. The van der Waals surface area contributed by atoms with Crippen molar-refractivity contribution >= 4 is 11.8 Å². The average molecular weight is 244 g/mol. The number of benzene rings is 1. The van der Waals surface area contributed by atoms with E-state index >= 15 is 0 Å². The number of hydrogen-bond acceptors (Lipinski definition) is 3. The predicted molar refractivity (Wildman–Crippen MR) is 70.0 cm³/mol. The van der Waals surface area contributed by atoms with Crippen molar-refractivity contribution < 1.29 is 9.32 Å². The average Bonchev–Trinajstić information content (AvgIpc) is 2.77. The molecule has 1 heterocycles. The van der Waals surface area contributed by atoms with Crippen LogP contribution in [0.15, 0.2) is 40.9 Å². The number of nitrogens with one attached hydrogen (secondary N) is 1. The van der Waals surface area contributed by atoms with Crippen LogP contribution in [0.4, 0.5) is 5.88 Å². The fraction of sp³-hybridized carbons (Fsp3) is 0.286. The van der Waals surface area contributed by atoms with Gasteiger partial charge >= 0.3 is 0 Å². The molecule has 4 heteroatoms. The number of carbonyl (C=O) groups excluding carboxylic acids is 1. The molecule has 4 nitrogen and oxygen atoms in total. The molecule has 0 aliphatic rings. The van der Waals surface area contributed by atoms with Gasteiger partial charge in [0.15, 0.2) is 0 Å². The van der Waals surface area contributed by atoms with E-state index < -0.39 is 5.41 Å². The summed E-state index contributed by atoms with van der Waals surface area (Å²) < 4.78 is 5.10. The third-order valence-corrected chi connectivity index (χ3v) is 2.50. The standard InChI is InChI=1S/C14H16N2O2/c1-14(2,3)13(17)15-12-9-11(16-18-12)10-7-5-4-6-8-10/h4-9H,1-3H3,(H,15,17). The van der Waals surface area contributed by atoms with Gasteiger partial charge in [0.1, 0.15) is 5.69 Å². The number of aromatic nitrogens is 1. The molecule has 1 aromatic heterocycles. The summed E-state index contributed by atoms with van der Waals surface area (Å²) in [5.74, 6) is 0.270. The lowest BCUT2D eigenvalue weighted by atomic mass is 9.96. The molecule has 2 rings (SSSR count). The molecule has 0 unspecified atom stereocenters. The number of carbonyl (C=O) groups is 1. The zero-order valence-electron chi connectivity index (χ0n) is 10.7. The van der Waals surface area contributed by atoms with Crippen molar-refractivity contribution in [2.24, 2.45) is 5.41 Å². The SMILES string of the molecule is CC(C)(C)C(=O)Nc1cc(-c2ccccc2)no1. The van der Waals surface area contributed by atoms with Gasteiger partial charge in [-0.3, -0.25) is 10.1 Å². The maximum atomic E-state index is 11.8. The van der Waals surface area contributed by atoms with E-state index in [1.165, 1.54) is 0 Å². The number of rotatable bonds is 2. The number of nitrogens with zero attached hydrogens (tertiary/aromatic N) is 1. The normalized spacial score (nSPS) is 11.3. The van der Waals surface area contributed by atoms with Gasteiger partial charge in [0, 0.05) is 17.0 Å². The molecular weight excluding hydrogens is 228 g/mol. The van der Waals surface area contributed by atoms with Crippen LogP contribution in [-0.2, 0) is 4.79 Å². The first-order valence-electron chi connectivity index (χ1n) is 5.80. The van der Waals surface area contributed by atoms with Crippen LogP contribution in [0.25, 0.3) is 11.3 Å². The van der Waals surface area contributed by atoms with E-state index in [0.29, 0.717) is 11.6 Å². The Morgan fingerprint density at radius 1 is 1.22 bits per heavy atom. The minimum absolute atomic E-state index is 0.0988. The van der Waals surface area contributed by atoms with Crippen LogP contribution < -0.4 is 5.32 Å². The summed E-state index contributed by atoms with van der Waals surface area (Å²) in [5.41, 5.74) is 1.21. The van der Waals surface area contributed by atoms with Gasteiger partial charge in [-0.1, -0.05) is 56.3 Å². The Hall–Kier alpha value is -2.10. The fourth-order valence-electron chi connectivity index (χ4n) is 1.38. The molecule has 2 aromatic rings. The first kappa shape index (κ1) is 12.4. The lowest BCUT2D eigenvalue weighted by Gasteiger charge is -2.15. The third-order valence-electron chi connectivity index (χ3n) is 2.50. The first-order valence-corrected chi connectivity index (χ1v) is 5.80. The van der Waals surface area contributed by atoms with Gasteiger partial charge in [0.25, 0.3) is 0 Å². The molecule has 0 spiro atoms. The van der Waals surface area contributed by atoms with Crippen molar-refractivity contribution in [2.45, 2.75) is 20.8 Å². The molecular formula is C14H16N2O2. The Kier molecular flexibility index (Phi) is 3.19. The molecule has 94 valence electrons. The van der Waals surface area contributed by atoms with E-state index in [2.05, 4.69) is 10.5 Å². The maximum Gasteiger partial charge on any atom is 0.232 e. The molecule has 18 heavy (non-hydrogen) atoms. The molecule has 0 saturated heterocycles. The van der Waals surface area contributed by atoms with E-state index in [1.54, 1.807) is 6.07 Å². The van der Waals surface area contributed by atoms with Gasteiger partial charge in [-0.2, -0.15) is 0 Å². The highest BCUT2D eigenvalue weighted by molar-refractivity contribution is 5.93. The van der Waals surface area contributed by atoms with E-state index in [1.807, 2.05) is 51.1 Å². The summed E-state index contributed by atoms with van der Waals surface area (Å²) in [6.07, 6.45) is 0. The molecule has 0 saturated carbocycles. The summed E-state index contributed by atoms with van der Waals surface area (Å²) in [5, 5.41) is 6.64. The Labute approximate surface area is 106 Å². The lowest BCUT2D eigenvalue weighted by Crippen LogP contribution is -2.27. The highest BCUT2D eigenvalue weighted by atomic mass is 16.5. The summed E-state index contributed by atoms with van der Waals surface area (Å²) in [7, 11) is 0. The molecule has 0 fully saturated rings. The van der Waals surface area contributed by atoms with Crippen molar-refractivity contribution in [3.05, 3.63) is 36.4 Å². The van der Waals surface area contributed by atoms with Crippen molar-refractivity contribution in [1.29, 1.82) is 0 Å². The van der Waals surface area contributed by atoms with E-state index in [4.69, 9.17) is 4.52 Å². The van der Waals surface area contributed by atoms with Crippen LogP contribution in [0.3, 0.4) is 0 Å². The molecule has 1 aromatic carbocycles. The van der Waals surface area contributed by atoms with E-state index in [9.17, 15) is 4.79 Å². The van der Waals surface area contributed by atoms with Crippen LogP contribution in [0.1, 0.15) is 20.8 Å². The number of anilines is 1. The van der Waals surface area contributed by atoms with Crippen molar-refractivity contribution in [3.63, 3.8) is 0 Å². The topological polar surface area (TPSA) is 55.1 Å². The molecule has 1 N–H and O–H groups in total. The van der Waals surface area contributed by atoms with Crippen LogP contribution in [0, 0.1) is 5.41 Å². The minimum atomic E-state index is -0.459. The van der Waals surface area contributed by atoms with Crippen LogP contribution in [0.5, 0.6) is 0 Å². The predicted octanol–water partition coefficient (Wildman–Crippen LogP) is 3.33. The van der Waals surface area contributed by atoms with Gasteiger partial charge in [0.05, 0.1) is 0 Å². The van der Waals surface area contributed by atoms with E-state index in [0.717, 1.165) is 5.56 Å². The maximum absolute atomic E-state index is 11.8. The van der Waals surface area contributed by atoms with Gasteiger partial charge in [-0.25, -0.2) is 0 Å². The van der Waals surface area contributed by atoms with Crippen LogP contribution >= 0.6 is 0 Å². The smallest absolute Gasteiger partial charge is 0.232 e. The van der Waals surface area contributed by atoms with Crippen molar-refractivity contribution in [1.82, 2.24) is 5.16 Å². The zero-order chi connectivity index (χ0) is 13.2. The lowest BCUT2D eigenvalue weighted by molar-refractivity contribution is -0.123. The Morgan fingerprint density at radius 2 is 1.89 bits per heavy atom. The van der Waals surface area contributed by atoms with Crippen LogP contribution in [-0.4, -0.2) is 11.1 Å². The highest BCUT2D eigenvalue weighted by Gasteiger charge is 2.22. The summed E-state index contributed by atoms with van der Waals surface area (Å²) >= 11 is 0. The van der Waals surface area contributed by atoms with Gasteiger partial charge < -0.3 is 4.52 Å². The largest absolute Gasteiger partial charge is 0.338 e. The molecule has 0 bridgehead atoms. The Morgan fingerprint density at radius 3 is 2.50 bits per heavy atom. The second-order valence-corrected chi connectivity index (χ2v) is 5.15. The molecule has 1 amide bonds. The third kappa shape index (κ3) is 2.77. The second-order valence-electron chi connectivity index (χ2n) is 5.15. The fourth-order valence-corrected chi connectivity index (χ4v) is 1.38. The van der Waals surface area contributed by atoms with Crippen LogP contribution in [0.2, 0.25) is 0 Å². The molecule has 0 radical (unpaired) electrons. The van der Waals surface area contributed by atoms with Crippen molar-refractivity contribution in [3.8, 4) is 11.3 Å². The van der Waals surface area contributed by atoms with Gasteiger partial charge in [-0.05, 0) is 0 Å². The van der Waals surface area contributed by atoms with Gasteiger partial charge in [0.2, 0.25) is 11.8 Å². The summed E-state index contributed by atoms with van der Waals surface area (Å²) in [6, 6.07) is 11.4. The number of amides is 1. The van der Waals surface area contributed by atoms with Crippen molar-refractivity contribution in [2.75, 3.05) is 5.32 Å². The first-order chi connectivity index (χ1) is 8.47. The Balaban J connectivity index is 2.15. The summed E-state index contributed by atoms with van der Waals surface area (Å²) in [4.78, 5) is 11.8.